The van der Waals surface area contributed by atoms with Crippen LogP contribution < -0.4 is 0 Å². The van der Waals surface area contributed by atoms with Crippen LogP contribution in [0.4, 0.5) is 8.78 Å². The summed E-state index contributed by atoms with van der Waals surface area (Å²) in [5.74, 6) is 0. The summed E-state index contributed by atoms with van der Waals surface area (Å²) in [4.78, 5) is 0. The minimum Gasteiger partial charge on any atom is -0.173 e. The second kappa shape index (κ2) is 3.62. The Morgan fingerprint density at radius 2 is 1.73 bits per heavy atom. The van der Waals surface area contributed by atoms with Crippen LogP contribution in [0.3, 0.4) is 0 Å². The SMILES string of the molecule is FC(F)=Cc1ccc(Br)cc1. The van der Waals surface area contributed by atoms with Gasteiger partial charge < -0.3 is 0 Å². The van der Waals surface area contributed by atoms with E-state index in [-0.39, 0.29) is 0 Å². The molecule has 0 spiro atoms. The van der Waals surface area contributed by atoms with Crippen LogP contribution in [-0.2, 0) is 0 Å². The monoisotopic (exact) mass is 218 g/mol. The van der Waals surface area contributed by atoms with Gasteiger partial charge in [0.1, 0.15) is 0 Å². The first kappa shape index (κ1) is 8.40. The first-order chi connectivity index (χ1) is 5.18. The lowest BCUT2D eigenvalue weighted by Crippen LogP contribution is -1.70. The highest BCUT2D eigenvalue weighted by molar-refractivity contribution is 9.10. The molecule has 0 aliphatic carbocycles. The van der Waals surface area contributed by atoms with E-state index in [0.717, 1.165) is 10.5 Å². The zero-order valence-corrected chi connectivity index (χ0v) is 7.11. The van der Waals surface area contributed by atoms with Gasteiger partial charge in [0.2, 0.25) is 0 Å². The molecule has 0 aliphatic rings. The second-order valence-corrected chi connectivity index (χ2v) is 2.90. The third-order valence-electron chi connectivity index (χ3n) is 1.15. The van der Waals surface area contributed by atoms with E-state index in [0.29, 0.717) is 5.56 Å². The Morgan fingerprint density at radius 1 is 1.18 bits per heavy atom. The summed E-state index contributed by atoms with van der Waals surface area (Å²) in [7, 11) is 0. The fourth-order valence-electron chi connectivity index (χ4n) is 0.685. The summed E-state index contributed by atoms with van der Waals surface area (Å²) in [6.45, 7) is 0. The maximum atomic E-state index is 11.7. The van der Waals surface area contributed by atoms with Gasteiger partial charge in [-0.15, -0.1) is 0 Å². The highest BCUT2D eigenvalue weighted by atomic mass is 79.9. The molecule has 0 atom stereocenters. The van der Waals surface area contributed by atoms with E-state index in [1.54, 1.807) is 24.3 Å². The molecular weight excluding hydrogens is 214 g/mol. The maximum absolute atomic E-state index is 11.7. The van der Waals surface area contributed by atoms with Gasteiger partial charge >= 0.3 is 0 Å². The van der Waals surface area contributed by atoms with Crippen LogP contribution in [0.1, 0.15) is 5.56 Å². The fraction of sp³-hybridized carbons (Fsp3) is 0. The molecule has 0 N–H and O–H groups in total. The average Bonchev–Trinajstić information content (AvgIpc) is 1.93. The lowest BCUT2D eigenvalue weighted by atomic mass is 10.2. The van der Waals surface area contributed by atoms with Crippen molar-refractivity contribution in [3.8, 4) is 0 Å². The molecule has 11 heavy (non-hydrogen) atoms. The van der Waals surface area contributed by atoms with Crippen molar-refractivity contribution >= 4 is 22.0 Å². The van der Waals surface area contributed by atoms with Crippen molar-refractivity contribution in [1.29, 1.82) is 0 Å². The van der Waals surface area contributed by atoms with Crippen LogP contribution in [0.5, 0.6) is 0 Å². The molecule has 0 amide bonds. The molecule has 0 unspecified atom stereocenters. The molecule has 0 saturated carbocycles. The van der Waals surface area contributed by atoms with E-state index >= 15 is 0 Å². The van der Waals surface area contributed by atoms with Crippen LogP contribution in [0.2, 0.25) is 0 Å². The van der Waals surface area contributed by atoms with Gasteiger partial charge in [0.15, 0.2) is 0 Å². The van der Waals surface area contributed by atoms with Crippen molar-refractivity contribution in [1.82, 2.24) is 0 Å². The topological polar surface area (TPSA) is 0 Å². The van der Waals surface area contributed by atoms with E-state index in [9.17, 15) is 8.78 Å². The lowest BCUT2D eigenvalue weighted by Gasteiger charge is -1.91. The summed E-state index contributed by atoms with van der Waals surface area (Å²) in [5.41, 5.74) is 0.508. The van der Waals surface area contributed by atoms with Crippen molar-refractivity contribution in [2.75, 3.05) is 0 Å². The smallest absolute Gasteiger partial charge is 0.173 e. The molecule has 3 heteroatoms. The number of benzene rings is 1. The standard InChI is InChI=1S/C8H5BrF2/c9-7-3-1-6(2-4-7)5-8(10)11/h1-5H. The molecule has 1 aromatic rings. The summed E-state index contributed by atoms with van der Waals surface area (Å²) in [6, 6.07) is 6.66. The van der Waals surface area contributed by atoms with Crippen molar-refractivity contribution in [3.63, 3.8) is 0 Å². The predicted molar refractivity (Wildman–Crippen MR) is 44.3 cm³/mol. The van der Waals surface area contributed by atoms with E-state index in [4.69, 9.17) is 0 Å². The molecule has 0 nitrogen and oxygen atoms in total. The van der Waals surface area contributed by atoms with Crippen molar-refractivity contribution in [3.05, 3.63) is 40.4 Å². The average molecular weight is 219 g/mol. The molecule has 1 aromatic carbocycles. The Balaban J connectivity index is 2.91. The first-order valence-electron chi connectivity index (χ1n) is 2.97. The Morgan fingerprint density at radius 3 is 2.18 bits per heavy atom. The third kappa shape index (κ3) is 2.80. The van der Waals surface area contributed by atoms with Crippen molar-refractivity contribution in [2.24, 2.45) is 0 Å². The van der Waals surface area contributed by atoms with Crippen LogP contribution in [0, 0.1) is 0 Å². The zero-order chi connectivity index (χ0) is 8.27. The molecule has 0 heterocycles. The van der Waals surface area contributed by atoms with Gasteiger partial charge in [-0.25, -0.2) is 0 Å². The van der Waals surface area contributed by atoms with Crippen LogP contribution in [0.15, 0.2) is 34.8 Å². The van der Waals surface area contributed by atoms with Gasteiger partial charge in [0, 0.05) is 10.5 Å². The zero-order valence-electron chi connectivity index (χ0n) is 5.52. The third-order valence-corrected chi connectivity index (χ3v) is 1.67. The second-order valence-electron chi connectivity index (χ2n) is 1.99. The Labute approximate surface area is 71.7 Å². The van der Waals surface area contributed by atoms with Gasteiger partial charge in [0.05, 0.1) is 0 Å². The molecule has 0 aliphatic heterocycles. The minimum absolute atomic E-state index is 0.508. The highest BCUT2D eigenvalue weighted by Crippen LogP contribution is 2.13. The van der Waals surface area contributed by atoms with Gasteiger partial charge in [-0.2, -0.15) is 8.78 Å². The van der Waals surface area contributed by atoms with E-state index < -0.39 is 6.08 Å². The Bertz CT molecular complexity index is 260. The normalized spacial score (nSPS) is 9.36. The lowest BCUT2D eigenvalue weighted by molar-refractivity contribution is 0.429. The summed E-state index contributed by atoms with van der Waals surface area (Å²) in [5, 5.41) is 0. The first-order valence-corrected chi connectivity index (χ1v) is 3.76. The van der Waals surface area contributed by atoms with Crippen LogP contribution >= 0.6 is 15.9 Å². The van der Waals surface area contributed by atoms with E-state index in [1.165, 1.54) is 0 Å². The number of hydrogen-bond donors (Lipinski definition) is 0. The highest BCUT2D eigenvalue weighted by Gasteiger charge is 1.91. The van der Waals surface area contributed by atoms with Gasteiger partial charge in [-0.3, -0.25) is 0 Å². The van der Waals surface area contributed by atoms with Gasteiger partial charge in [-0.1, -0.05) is 28.1 Å². The summed E-state index contributed by atoms with van der Waals surface area (Å²) >= 11 is 3.20. The Kier molecular flexibility index (Phi) is 2.76. The van der Waals surface area contributed by atoms with Gasteiger partial charge in [-0.05, 0) is 17.7 Å². The van der Waals surface area contributed by atoms with Crippen LogP contribution in [-0.4, -0.2) is 0 Å². The molecule has 0 fully saturated rings. The minimum atomic E-state index is -1.67. The molecular formula is C8H5BrF2. The fourth-order valence-corrected chi connectivity index (χ4v) is 0.949. The van der Waals surface area contributed by atoms with Gasteiger partial charge in [0.25, 0.3) is 6.08 Å². The largest absolute Gasteiger partial charge is 0.270 e. The quantitative estimate of drug-likeness (QED) is 0.675. The molecule has 0 aromatic heterocycles. The predicted octanol–water partition coefficient (Wildman–Crippen LogP) is 3.69. The Hall–Kier alpha value is -0.700. The summed E-state index contributed by atoms with van der Waals surface area (Å²) in [6.07, 6.45) is -0.848. The van der Waals surface area contributed by atoms with Crippen molar-refractivity contribution < 1.29 is 8.78 Å². The molecule has 0 radical (unpaired) electrons. The maximum Gasteiger partial charge on any atom is 0.270 e. The molecule has 0 bridgehead atoms. The van der Waals surface area contributed by atoms with E-state index in [2.05, 4.69) is 15.9 Å². The molecule has 58 valence electrons. The molecule has 0 saturated heterocycles. The molecule has 1 rings (SSSR count). The number of rotatable bonds is 1. The number of halogens is 3. The van der Waals surface area contributed by atoms with Crippen LogP contribution in [0.25, 0.3) is 6.08 Å². The van der Waals surface area contributed by atoms with Crippen molar-refractivity contribution in [2.45, 2.75) is 0 Å². The van der Waals surface area contributed by atoms with E-state index in [1.807, 2.05) is 0 Å². The summed E-state index contributed by atoms with van der Waals surface area (Å²) < 4.78 is 24.2. The number of hydrogen-bond acceptors (Lipinski definition) is 0.